The fourth-order valence-electron chi connectivity index (χ4n) is 3.69. The van der Waals surface area contributed by atoms with Crippen molar-refractivity contribution < 1.29 is 9.59 Å². The van der Waals surface area contributed by atoms with E-state index in [0.717, 1.165) is 37.6 Å². The van der Waals surface area contributed by atoms with Crippen molar-refractivity contribution in [3.63, 3.8) is 0 Å². The van der Waals surface area contributed by atoms with Crippen molar-refractivity contribution in [3.05, 3.63) is 59.2 Å². The number of imide groups is 1. The maximum absolute atomic E-state index is 12.8. The molecular weight excluding hydrogens is 364 g/mol. The molecule has 2 fully saturated rings. The van der Waals surface area contributed by atoms with Gasteiger partial charge in [0.1, 0.15) is 5.82 Å². The van der Waals surface area contributed by atoms with Crippen LogP contribution >= 0.6 is 11.6 Å². The summed E-state index contributed by atoms with van der Waals surface area (Å²) in [6.07, 6.45) is 2.05. The lowest BCUT2D eigenvalue weighted by atomic mass is 10.1. The number of benzene rings is 1. The zero-order valence-electron chi connectivity index (χ0n) is 14.9. The van der Waals surface area contributed by atoms with Gasteiger partial charge in [-0.2, -0.15) is 0 Å². The zero-order valence-corrected chi connectivity index (χ0v) is 15.7. The van der Waals surface area contributed by atoms with E-state index in [1.165, 1.54) is 4.90 Å². The number of amides is 2. The molecule has 6 nitrogen and oxygen atoms in total. The number of hydrogen-bond donors (Lipinski definition) is 0. The van der Waals surface area contributed by atoms with E-state index >= 15 is 0 Å². The van der Waals surface area contributed by atoms with Crippen molar-refractivity contribution >= 4 is 29.2 Å². The lowest BCUT2D eigenvalue weighted by Gasteiger charge is -2.37. The van der Waals surface area contributed by atoms with E-state index in [1.54, 1.807) is 18.3 Å². The van der Waals surface area contributed by atoms with E-state index in [2.05, 4.69) is 14.8 Å². The van der Waals surface area contributed by atoms with Gasteiger partial charge in [0.2, 0.25) is 11.8 Å². The van der Waals surface area contributed by atoms with E-state index in [9.17, 15) is 9.59 Å². The van der Waals surface area contributed by atoms with Gasteiger partial charge in [-0.15, -0.1) is 0 Å². The number of rotatable bonds is 4. The number of anilines is 1. The monoisotopic (exact) mass is 384 g/mol. The first-order chi connectivity index (χ1) is 13.1. The molecule has 2 aromatic rings. The second-order valence-corrected chi connectivity index (χ2v) is 7.31. The quantitative estimate of drug-likeness (QED) is 0.756. The molecule has 27 heavy (non-hydrogen) atoms. The summed E-state index contributed by atoms with van der Waals surface area (Å²) in [4.78, 5) is 35.4. The Morgan fingerprint density at radius 1 is 1.00 bits per heavy atom. The van der Waals surface area contributed by atoms with Gasteiger partial charge in [0.15, 0.2) is 0 Å². The summed E-state index contributed by atoms with van der Waals surface area (Å²) in [6, 6.07) is 12.8. The number of likely N-dealkylation sites (tertiary alicyclic amines) is 1. The standard InChI is InChI=1S/C20H21ClN4O2/c21-16-6-4-15(5-7-16)14-25-19(26)13-17(20(25)27)23-9-11-24(12-10-23)18-3-1-2-8-22-18/h1-8,17H,9-14H2/t17-/m0/s1. The molecule has 2 amide bonds. The van der Waals surface area contributed by atoms with Crippen molar-refractivity contribution in [2.24, 2.45) is 0 Å². The summed E-state index contributed by atoms with van der Waals surface area (Å²) in [6.45, 7) is 3.39. The van der Waals surface area contributed by atoms with Crippen molar-refractivity contribution in [2.45, 2.75) is 19.0 Å². The molecule has 0 aliphatic carbocycles. The van der Waals surface area contributed by atoms with Gasteiger partial charge < -0.3 is 4.90 Å². The minimum absolute atomic E-state index is 0.0961. The Kier molecular flexibility index (Phi) is 5.09. The van der Waals surface area contributed by atoms with Crippen LogP contribution in [0.3, 0.4) is 0 Å². The maximum Gasteiger partial charge on any atom is 0.247 e. The third-order valence-corrected chi connectivity index (χ3v) is 5.45. The molecular formula is C20H21ClN4O2. The smallest absolute Gasteiger partial charge is 0.247 e. The SMILES string of the molecule is O=C1C[C@H](N2CCN(c3ccccn3)CC2)C(=O)N1Cc1ccc(Cl)cc1. The van der Waals surface area contributed by atoms with Gasteiger partial charge >= 0.3 is 0 Å². The second kappa shape index (κ2) is 7.66. The molecule has 0 bridgehead atoms. The van der Waals surface area contributed by atoms with Crippen molar-refractivity contribution in [1.82, 2.24) is 14.8 Å². The number of carbonyl (C=O) groups excluding carboxylic acids is 2. The lowest BCUT2D eigenvalue weighted by Crippen LogP contribution is -2.52. The zero-order chi connectivity index (χ0) is 18.8. The third-order valence-electron chi connectivity index (χ3n) is 5.20. The molecule has 0 spiro atoms. The average Bonchev–Trinajstić information content (AvgIpc) is 2.99. The Bertz CT molecular complexity index is 820. The Balaban J connectivity index is 1.38. The molecule has 4 rings (SSSR count). The van der Waals surface area contributed by atoms with Crippen LogP contribution in [0.5, 0.6) is 0 Å². The Hall–Kier alpha value is -2.44. The summed E-state index contributed by atoms with van der Waals surface area (Å²) >= 11 is 5.90. The molecule has 2 aliphatic heterocycles. The van der Waals surface area contributed by atoms with E-state index in [-0.39, 0.29) is 24.3 Å². The highest BCUT2D eigenvalue weighted by molar-refractivity contribution is 6.30. The Morgan fingerprint density at radius 3 is 2.41 bits per heavy atom. The number of aromatic nitrogens is 1. The highest BCUT2D eigenvalue weighted by Gasteiger charge is 2.42. The van der Waals surface area contributed by atoms with Crippen LogP contribution in [0.25, 0.3) is 0 Å². The fraction of sp³-hybridized carbons (Fsp3) is 0.350. The van der Waals surface area contributed by atoms with Crippen LogP contribution < -0.4 is 4.90 Å². The summed E-state index contributed by atoms with van der Waals surface area (Å²) < 4.78 is 0. The second-order valence-electron chi connectivity index (χ2n) is 6.88. The molecule has 1 atom stereocenters. The average molecular weight is 385 g/mol. The van der Waals surface area contributed by atoms with Gasteiger partial charge in [-0.05, 0) is 29.8 Å². The van der Waals surface area contributed by atoms with E-state index in [1.807, 2.05) is 30.3 Å². The van der Waals surface area contributed by atoms with Crippen LogP contribution in [-0.2, 0) is 16.1 Å². The molecule has 140 valence electrons. The molecule has 2 aliphatic rings. The first-order valence-electron chi connectivity index (χ1n) is 9.10. The van der Waals surface area contributed by atoms with E-state index in [4.69, 9.17) is 11.6 Å². The molecule has 3 heterocycles. The molecule has 7 heteroatoms. The van der Waals surface area contributed by atoms with Gasteiger partial charge in [0, 0.05) is 37.4 Å². The largest absolute Gasteiger partial charge is 0.354 e. The topological polar surface area (TPSA) is 56.8 Å². The normalized spacial score (nSPS) is 21.1. The highest BCUT2D eigenvalue weighted by Crippen LogP contribution is 2.23. The van der Waals surface area contributed by atoms with Crippen LogP contribution in [0.15, 0.2) is 48.7 Å². The van der Waals surface area contributed by atoms with Crippen LogP contribution in [0.4, 0.5) is 5.82 Å². The predicted octanol–water partition coefficient (Wildman–Crippen LogP) is 2.18. The molecule has 1 aromatic carbocycles. The van der Waals surface area contributed by atoms with Gasteiger partial charge in [-0.3, -0.25) is 19.4 Å². The molecule has 2 saturated heterocycles. The van der Waals surface area contributed by atoms with Crippen LogP contribution in [0.2, 0.25) is 5.02 Å². The van der Waals surface area contributed by atoms with Gasteiger partial charge in [-0.25, -0.2) is 4.98 Å². The van der Waals surface area contributed by atoms with Gasteiger partial charge in [0.25, 0.3) is 0 Å². The highest BCUT2D eigenvalue weighted by atomic mass is 35.5. The van der Waals surface area contributed by atoms with Crippen LogP contribution in [-0.4, -0.2) is 58.8 Å². The lowest BCUT2D eigenvalue weighted by molar-refractivity contribution is -0.140. The number of halogens is 1. The molecule has 0 unspecified atom stereocenters. The Morgan fingerprint density at radius 2 is 1.74 bits per heavy atom. The first-order valence-corrected chi connectivity index (χ1v) is 9.48. The summed E-state index contributed by atoms with van der Waals surface area (Å²) in [5.41, 5.74) is 0.904. The van der Waals surface area contributed by atoms with Crippen molar-refractivity contribution in [2.75, 3.05) is 31.1 Å². The minimum Gasteiger partial charge on any atom is -0.354 e. The molecule has 0 N–H and O–H groups in total. The number of nitrogens with zero attached hydrogens (tertiary/aromatic N) is 4. The fourth-order valence-corrected chi connectivity index (χ4v) is 3.82. The summed E-state index contributed by atoms with van der Waals surface area (Å²) in [5.74, 6) is 0.753. The predicted molar refractivity (Wildman–Crippen MR) is 103 cm³/mol. The van der Waals surface area contributed by atoms with Crippen LogP contribution in [0, 0.1) is 0 Å². The number of hydrogen-bond acceptors (Lipinski definition) is 5. The number of carbonyl (C=O) groups is 2. The summed E-state index contributed by atoms with van der Waals surface area (Å²) in [7, 11) is 0. The number of piperazine rings is 1. The van der Waals surface area contributed by atoms with Gasteiger partial charge in [-0.1, -0.05) is 29.8 Å². The van der Waals surface area contributed by atoms with Gasteiger partial charge in [0.05, 0.1) is 19.0 Å². The van der Waals surface area contributed by atoms with Crippen molar-refractivity contribution in [1.29, 1.82) is 0 Å². The van der Waals surface area contributed by atoms with E-state index in [0.29, 0.717) is 11.6 Å². The van der Waals surface area contributed by atoms with Crippen molar-refractivity contribution in [3.8, 4) is 0 Å². The molecule has 0 saturated carbocycles. The van der Waals surface area contributed by atoms with Crippen LogP contribution in [0.1, 0.15) is 12.0 Å². The number of pyridine rings is 1. The molecule has 0 radical (unpaired) electrons. The van der Waals surface area contributed by atoms with E-state index < -0.39 is 0 Å². The third kappa shape index (κ3) is 3.82. The Labute approximate surface area is 163 Å². The first kappa shape index (κ1) is 17.9. The summed E-state index contributed by atoms with van der Waals surface area (Å²) in [5, 5.41) is 0.640. The minimum atomic E-state index is -0.351. The maximum atomic E-state index is 12.8. The molecule has 1 aromatic heterocycles.